The first-order valence-electron chi connectivity index (χ1n) is 11.2. The van der Waals surface area contributed by atoms with E-state index in [1.165, 1.54) is 28.8 Å². The SMILES string of the molecule is CSc1nc(NCC(C)C)c2cnn(CCNC(=O)C3CC(=O)N(c4ccc(F)cc4)C3)c2n1. The minimum absolute atomic E-state index is 0.128. The first kappa shape index (κ1) is 23.9. The van der Waals surface area contributed by atoms with Crippen LogP contribution in [0.5, 0.6) is 0 Å². The van der Waals surface area contributed by atoms with Crippen LogP contribution >= 0.6 is 11.8 Å². The Kier molecular flexibility index (Phi) is 7.30. The fraction of sp³-hybridized carbons (Fsp3) is 0.435. The van der Waals surface area contributed by atoms with Crippen LogP contribution in [0.3, 0.4) is 0 Å². The van der Waals surface area contributed by atoms with Gasteiger partial charge < -0.3 is 15.5 Å². The topological polar surface area (TPSA) is 105 Å². The van der Waals surface area contributed by atoms with Gasteiger partial charge in [-0.3, -0.25) is 9.59 Å². The molecule has 3 aromatic rings. The molecule has 11 heteroatoms. The van der Waals surface area contributed by atoms with Crippen LogP contribution in [0, 0.1) is 17.7 Å². The van der Waals surface area contributed by atoms with Crippen LogP contribution in [0.25, 0.3) is 11.0 Å². The van der Waals surface area contributed by atoms with Crippen LogP contribution in [0.15, 0.2) is 35.6 Å². The van der Waals surface area contributed by atoms with Gasteiger partial charge in [-0.2, -0.15) is 5.10 Å². The third-order valence-electron chi connectivity index (χ3n) is 5.59. The van der Waals surface area contributed by atoms with Gasteiger partial charge in [0.15, 0.2) is 10.8 Å². The first-order valence-corrected chi connectivity index (χ1v) is 12.4. The zero-order valence-corrected chi connectivity index (χ0v) is 20.2. The Morgan fingerprint density at radius 2 is 2.03 bits per heavy atom. The zero-order chi connectivity index (χ0) is 24.2. The molecule has 2 aromatic heterocycles. The minimum Gasteiger partial charge on any atom is -0.369 e. The third kappa shape index (κ3) is 5.30. The molecule has 2 amide bonds. The lowest BCUT2D eigenvalue weighted by Crippen LogP contribution is -2.35. The number of amides is 2. The molecule has 2 N–H and O–H groups in total. The average Bonchev–Trinajstić information content (AvgIpc) is 3.41. The van der Waals surface area contributed by atoms with Gasteiger partial charge in [0.1, 0.15) is 11.6 Å². The number of carbonyl (C=O) groups excluding carboxylic acids is 2. The van der Waals surface area contributed by atoms with Crippen molar-refractivity contribution in [3.63, 3.8) is 0 Å². The van der Waals surface area contributed by atoms with Gasteiger partial charge in [-0.05, 0) is 36.4 Å². The smallest absolute Gasteiger partial charge is 0.227 e. The van der Waals surface area contributed by atoms with Crippen molar-refractivity contribution in [1.82, 2.24) is 25.1 Å². The molecule has 1 aliphatic rings. The number of nitrogens with one attached hydrogen (secondary N) is 2. The van der Waals surface area contributed by atoms with Gasteiger partial charge in [0, 0.05) is 31.7 Å². The van der Waals surface area contributed by atoms with Crippen LogP contribution < -0.4 is 15.5 Å². The minimum atomic E-state index is -0.454. The summed E-state index contributed by atoms with van der Waals surface area (Å²) in [6.45, 7) is 6.11. The highest BCUT2D eigenvalue weighted by Crippen LogP contribution is 2.26. The standard InChI is InChI=1S/C23H28FN7O2S/c1-14(2)11-26-20-18-12-27-31(21(18)29-23(28-20)34-3)9-8-25-22(33)15-10-19(32)30(13-15)17-6-4-16(24)5-7-17/h4-7,12,14-15H,8-11,13H2,1-3H3,(H,25,33)(H,26,28,29). The highest BCUT2D eigenvalue weighted by Gasteiger charge is 2.35. The van der Waals surface area contributed by atoms with Crippen LogP contribution in [0.4, 0.5) is 15.9 Å². The lowest BCUT2D eigenvalue weighted by Gasteiger charge is -2.16. The number of hydrogen-bond acceptors (Lipinski definition) is 7. The molecule has 3 heterocycles. The van der Waals surface area contributed by atoms with Crippen molar-refractivity contribution >= 4 is 46.1 Å². The first-order chi connectivity index (χ1) is 16.4. The van der Waals surface area contributed by atoms with E-state index in [0.717, 1.165) is 17.7 Å². The van der Waals surface area contributed by atoms with Crippen molar-refractivity contribution in [2.75, 3.05) is 36.1 Å². The number of halogens is 1. The number of thioether (sulfide) groups is 1. The fourth-order valence-corrected chi connectivity index (χ4v) is 4.17. The van der Waals surface area contributed by atoms with Crippen molar-refractivity contribution < 1.29 is 14.0 Å². The molecule has 0 saturated carbocycles. The number of aromatic nitrogens is 4. The molecular formula is C23H28FN7O2S. The van der Waals surface area contributed by atoms with Crippen molar-refractivity contribution in [2.24, 2.45) is 11.8 Å². The van der Waals surface area contributed by atoms with Crippen LogP contribution in [0.1, 0.15) is 20.3 Å². The molecule has 0 aliphatic carbocycles. The number of carbonyl (C=O) groups is 2. The molecular weight excluding hydrogens is 457 g/mol. The van der Waals surface area contributed by atoms with Crippen LogP contribution in [-0.4, -0.2) is 57.5 Å². The Balaban J connectivity index is 1.38. The molecule has 1 aliphatic heterocycles. The van der Waals surface area contributed by atoms with Gasteiger partial charge >= 0.3 is 0 Å². The number of benzene rings is 1. The summed E-state index contributed by atoms with van der Waals surface area (Å²) in [5, 5.41) is 12.2. The summed E-state index contributed by atoms with van der Waals surface area (Å²) < 4.78 is 14.9. The van der Waals surface area contributed by atoms with Crippen molar-refractivity contribution in [2.45, 2.75) is 32.0 Å². The Hall–Kier alpha value is -3.21. The average molecular weight is 486 g/mol. The maximum absolute atomic E-state index is 13.2. The Bertz CT molecular complexity index is 1180. The molecule has 1 unspecified atom stereocenters. The lowest BCUT2D eigenvalue weighted by atomic mass is 10.1. The number of rotatable bonds is 9. The van der Waals surface area contributed by atoms with E-state index < -0.39 is 5.92 Å². The summed E-state index contributed by atoms with van der Waals surface area (Å²) >= 11 is 1.46. The molecule has 1 aromatic carbocycles. The highest BCUT2D eigenvalue weighted by molar-refractivity contribution is 7.98. The van der Waals surface area contributed by atoms with Gasteiger partial charge in [0.25, 0.3) is 0 Å². The number of hydrogen-bond donors (Lipinski definition) is 2. The maximum atomic E-state index is 13.2. The molecule has 1 saturated heterocycles. The summed E-state index contributed by atoms with van der Waals surface area (Å²) in [5.41, 5.74) is 1.30. The molecule has 0 radical (unpaired) electrons. The predicted octanol–water partition coefficient (Wildman–Crippen LogP) is 2.92. The molecule has 0 bridgehead atoms. The quantitative estimate of drug-likeness (QED) is 0.355. The van der Waals surface area contributed by atoms with Crippen molar-refractivity contribution in [3.8, 4) is 0 Å². The number of fused-ring (bicyclic) bond motifs is 1. The molecule has 0 spiro atoms. The lowest BCUT2D eigenvalue weighted by molar-refractivity contribution is -0.126. The molecule has 1 fully saturated rings. The van der Waals surface area contributed by atoms with Gasteiger partial charge in [-0.1, -0.05) is 25.6 Å². The van der Waals surface area contributed by atoms with E-state index >= 15 is 0 Å². The predicted molar refractivity (Wildman–Crippen MR) is 130 cm³/mol. The zero-order valence-electron chi connectivity index (χ0n) is 19.4. The highest BCUT2D eigenvalue weighted by atomic mass is 32.2. The number of anilines is 2. The van der Waals surface area contributed by atoms with Crippen molar-refractivity contribution in [1.29, 1.82) is 0 Å². The Labute approximate surface area is 201 Å². The second kappa shape index (κ2) is 10.4. The van der Waals surface area contributed by atoms with Crippen molar-refractivity contribution in [3.05, 3.63) is 36.3 Å². The summed E-state index contributed by atoms with van der Waals surface area (Å²) in [4.78, 5) is 35.8. The van der Waals surface area contributed by atoms with Crippen LogP contribution in [0.2, 0.25) is 0 Å². The fourth-order valence-electron chi connectivity index (χ4n) is 3.81. The van der Waals surface area contributed by atoms with Gasteiger partial charge in [-0.25, -0.2) is 19.0 Å². The number of nitrogens with zero attached hydrogens (tertiary/aromatic N) is 5. The molecule has 9 nitrogen and oxygen atoms in total. The Morgan fingerprint density at radius 1 is 1.26 bits per heavy atom. The summed E-state index contributed by atoms with van der Waals surface area (Å²) in [7, 11) is 0. The molecule has 4 rings (SSSR count). The largest absolute Gasteiger partial charge is 0.369 e. The third-order valence-corrected chi connectivity index (χ3v) is 6.14. The van der Waals surface area contributed by atoms with Gasteiger partial charge in [0.2, 0.25) is 11.8 Å². The molecule has 180 valence electrons. The van der Waals surface area contributed by atoms with Gasteiger partial charge in [0.05, 0.1) is 24.0 Å². The monoisotopic (exact) mass is 485 g/mol. The van der Waals surface area contributed by atoms with Crippen LogP contribution in [-0.2, 0) is 16.1 Å². The summed E-state index contributed by atoms with van der Waals surface area (Å²) in [6, 6.07) is 5.71. The van der Waals surface area contributed by atoms with E-state index in [2.05, 4.69) is 39.5 Å². The van der Waals surface area contributed by atoms with E-state index in [1.54, 1.807) is 23.0 Å². The maximum Gasteiger partial charge on any atom is 0.227 e. The van der Waals surface area contributed by atoms with E-state index in [9.17, 15) is 14.0 Å². The van der Waals surface area contributed by atoms with E-state index in [-0.39, 0.29) is 30.6 Å². The molecule has 34 heavy (non-hydrogen) atoms. The second-order valence-corrected chi connectivity index (χ2v) is 9.38. The van der Waals surface area contributed by atoms with E-state index in [4.69, 9.17) is 0 Å². The van der Waals surface area contributed by atoms with E-state index in [0.29, 0.717) is 35.5 Å². The molecule has 1 atom stereocenters. The van der Waals surface area contributed by atoms with E-state index in [1.807, 2.05) is 6.26 Å². The summed E-state index contributed by atoms with van der Waals surface area (Å²) in [6.07, 6.45) is 3.79. The normalized spacial score (nSPS) is 16.0. The van der Waals surface area contributed by atoms with Gasteiger partial charge in [-0.15, -0.1) is 0 Å². The second-order valence-electron chi connectivity index (χ2n) is 8.61. The summed E-state index contributed by atoms with van der Waals surface area (Å²) in [5.74, 6) is 0.0663. The Morgan fingerprint density at radius 3 is 2.74 bits per heavy atom.